The number of terminal acetylenes is 1. The molecule has 0 atom stereocenters. The Balaban J connectivity index is 3.96. The topological polar surface area (TPSA) is 20.3 Å². The van der Waals surface area contributed by atoms with Crippen LogP contribution >= 0.6 is 0 Å². The van der Waals surface area contributed by atoms with Gasteiger partial charge in [0.05, 0.1) is 6.54 Å². The number of carbonyl (C=O) groups is 1. The van der Waals surface area contributed by atoms with E-state index in [-0.39, 0.29) is 5.91 Å². The summed E-state index contributed by atoms with van der Waals surface area (Å²) >= 11 is 0. The lowest BCUT2D eigenvalue weighted by molar-refractivity contribution is -0.130. The normalized spacial score (nSPS) is 9.77. The van der Waals surface area contributed by atoms with Gasteiger partial charge in [-0.25, -0.2) is 0 Å². The van der Waals surface area contributed by atoms with Crippen LogP contribution in [0.1, 0.15) is 33.6 Å². The Hall–Kier alpha value is -0.970. The van der Waals surface area contributed by atoms with Crippen molar-refractivity contribution in [3.63, 3.8) is 0 Å². The van der Waals surface area contributed by atoms with Gasteiger partial charge in [-0.3, -0.25) is 4.79 Å². The number of amides is 1. The molecular weight excluding hydrogens is 162 g/mol. The molecule has 0 heterocycles. The monoisotopic (exact) mass is 181 g/mol. The molecule has 0 saturated carbocycles. The molecule has 0 rings (SSSR count). The van der Waals surface area contributed by atoms with Crippen molar-refractivity contribution in [1.29, 1.82) is 0 Å². The SMILES string of the molecule is C#CCN(CCC(C)C)C(=O)CC. The molecular formula is C11H19NO. The fraction of sp³-hybridized carbons (Fsp3) is 0.727. The highest BCUT2D eigenvalue weighted by Crippen LogP contribution is 2.03. The first-order chi connectivity index (χ1) is 6.11. The van der Waals surface area contributed by atoms with Crippen molar-refractivity contribution in [3.8, 4) is 12.3 Å². The van der Waals surface area contributed by atoms with Gasteiger partial charge in [0.1, 0.15) is 0 Å². The minimum absolute atomic E-state index is 0.151. The highest BCUT2D eigenvalue weighted by atomic mass is 16.2. The van der Waals surface area contributed by atoms with Gasteiger partial charge >= 0.3 is 0 Å². The van der Waals surface area contributed by atoms with Gasteiger partial charge in [0.25, 0.3) is 0 Å². The molecule has 0 bridgehead atoms. The zero-order valence-electron chi connectivity index (χ0n) is 8.84. The quantitative estimate of drug-likeness (QED) is 0.593. The lowest BCUT2D eigenvalue weighted by Crippen LogP contribution is -2.32. The molecule has 0 aromatic rings. The highest BCUT2D eigenvalue weighted by Gasteiger charge is 2.09. The van der Waals surface area contributed by atoms with E-state index in [2.05, 4.69) is 19.8 Å². The van der Waals surface area contributed by atoms with E-state index in [1.54, 1.807) is 4.90 Å². The minimum Gasteiger partial charge on any atom is -0.332 e. The minimum atomic E-state index is 0.151. The molecule has 0 aliphatic heterocycles. The fourth-order valence-electron chi connectivity index (χ4n) is 1.04. The number of nitrogens with zero attached hydrogens (tertiary/aromatic N) is 1. The van der Waals surface area contributed by atoms with Crippen LogP contribution in [0.4, 0.5) is 0 Å². The van der Waals surface area contributed by atoms with Gasteiger partial charge in [0, 0.05) is 13.0 Å². The lowest BCUT2D eigenvalue weighted by atomic mass is 10.1. The molecule has 13 heavy (non-hydrogen) atoms. The van der Waals surface area contributed by atoms with Crippen LogP contribution in [0.5, 0.6) is 0 Å². The van der Waals surface area contributed by atoms with Gasteiger partial charge in [0.2, 0.25) is 5.91 Å². The Morgan fingerprint density at radius 2 is 2.15 bits per heavy atom. The van der Waals surface area contributed by atoms with Crippen LogP contribution in [0.15, 0.2) is 0 Å². The lowest BCUT2D eigenvalue weighted by Gasteiger charge is -2.20. The van der Waals surface area contributed by atoms with E-state index >= 15 is 0 Å². The van der Waals surface area contributed by atoms with Crippen LogP contribution in [0.3, 0.4) is 0 Å². The van der Waals surface area contributed by atoms with Crippen LogP contribution in [0.25, 0.3) is 0 Å². The molecule has 0 aliphatic rings. The summed E-state index contributed by atoms with van der Waals surface area (Å²) in [4.78, 5) is 13.1. The van der Waals surface area contributed by atoms with Crippen molar-refractivity contribution in [2.75, 3.05) is 13.1 Å². The van der Waals surface area contributed by atoms with Gasteiger partial charge in [-0.2, -0.15) is 0 Å². The summed E-state index contributed by atoms with van der Waals surface area (Å²) in [5, 5.41) is 0. The van der Waals surface area contributed by atoms with Crippen molar-refractivity contribution >= 4 is 5.91 Å². The number of hydrogen-bond donors (Lipinski definition) is 0. The first-order valence-corrected chi connectivity index (χ1v) is 4.83. The first kappa shape index (κ1) is 12.0. The number of hydrogen-bond acceptors (Lipinski definition) is 1. The van der Waals surface area contributed by atoms with Crippen LogP contribution in [0.2, 0.25) is 0 Å². The smallest absolute Gasteiger partial charge is 0.223 e. The number of rotatable bonds is 5. The van der Waals surface area contributed by atoms with Gasteiger partial charge in [-0.05, 0) is 12.3 Å². The Kier molecular flexibility index (Phi) is 6.05. The molecule has 74 valence electrons. The standard InChI is InChI=1S/C11H19NO/c1-5-8-12(11(13)6-2)9-7-10(3)4/h1,10H,6-9H2,2-4H3. The van der Waals surface area contributed by atoms with E-state index in [0.717, 1.165) is 13.0 Å². The third-order valence-electron chi connectivity index (χ3n) is 1.91. The van der Waals surface area contributed by atoms with Crippen LogP contribution < -0.4 is 0 Å². The molecule has 0 aromatic heterocycles. The zero-order chi connectivity index (χ0) is 10.3. The molecule has 0 unspecified atom stereocenters. The van der Waals surface area contributed by atoms with E-state index in [1.807, 2.05) is 6.92 Å². The summed E-state index contributed by atoms with van der Waals surface area (Å²) in [7, 11) is 0. The summed E-state index contributed by atoms with van der Waals surface area (Å²) in [6, 6.07) is 0. The Morgan fingerprint density at radius 1 is 1.54 bits per heavy atom. The number of carbonyl (C=O) groups excluding carboxylic acids is 1. The first-order valence-electron chi connectivity index (χ1n) is 4.83. The maximum Gasteiger partial charge on any atom is 0.223 e. The van der Waals surface area contributed by atoms with E-state index in [9.17, 15) is 4.79 Å². The molecule has 1 amide bonds. The summed E-state index contributed by atoms with van der Waals surface area (Å²) in [6.07, 6.45) is 6.75. The van der Waals surface area contributed by atoms with Crippen LogP contribution in [0, 0.1) is 18.3 Å². The molecule has 0 aliphatic carbocycles. The third-order valence-corrected chi connectivity index (χ3v) is 1.91. The van der Waals surface area contributed by atoms with Gasteiger partial charge in [-0.1, -0.05) is 26.7 Å². The fourth-order valence-corrected chi connectivity index (χ4v) is 1.04. The zero-order valence-corrected chi connectivity index (χ0v) is 8.84. The third kappa shape index (κ3) is 5.30. The average molecular weight is 181 g/mol. The second-order valence-electron chi connectivity index (χ2n) is 3.56. The molecule has 0 N–H and O–H groups in total. The van der Waals surface area contributed by atoms with E-state index in [1.165, 1.54) is 0 Å². The van der Waals surface area contributed by atoms with Crippen LogP contribution in [-0.2, 0) is 4.79 Å². The summed E-state index contributed by atoms with van der Waals surface area (Å²) in [5.74, 6) is 3.28. The molecule has 0 spiro atoms. The Bertz CT molecular complexity index is 191. The van der Waals surface area contributed by atoms with Crippen molar-refractivity contribution < 1.29 is 4.79 Å². The maximum absolute atomic E-state index is 11.3. The highest BCUT2D eigenvalue weighted by molar-refractivity contribution is 5.76. The molecule has 0 fully saturated rings. The second-order valence-corrected chi connectivity index (χ2v) is 3.56. The van der Waals surface area contributed by atoms with Crippen molar-refractivity contribution in [2.24, 2.45) is 5.92 Å². The van der Waals surface area contributed by atoms with Crippen molar-refractivity contribution in [3.05, 3.63) is 0 Å². The van der Waals surface area contributed by atoms with Crippen molar-refractivity contribution in [2.45, 2.75) is 33.6 Å². The predicted molar refractivity (Wildman–Crippen MR) is 55.2 cm³/mol. The summed E-state index contributed by atoms with van der Waals surface area (Å²) in [5.41, 5.74) is 0. The van der Waals surface area contributed by atoms with Crippen LogP contribution in [-0.4, -0.2) is 23.9 Å². The summed E-state index contributed by atoms with van der Waals surface area (Å²) in [6.45, 7) is 7.38. The Labute approximate surface area is 81.3 Å². The Morgan fingerprint density at radius 3 is 2.54 bits per heavy atom. The van der Waals surface area contributed by atoms with Gasteiger partial charge in [-0.15, -0.1) is 6.42 Å². The second kappa shape index (κ2) is 6.54. The molecule has 0 radical (unpaired) electrons. The van der Waals surface area contributed by atoms with Crippen molar-refractivity contribution in [1.82, 2.24) is 4.90 Å². The van der Waals surface area contributed by atoms with E-state index < -0.39 is 0 Å². The average Bonchev–Trinajstić information content (AvgIpc) is 2.10. The van der Waals surface area contributed by atoms with E-state index in [4.69, 9.17) is 6.42 Å². The van der Waals surface area contributed by atoms with Gasteiger partial charge < -0.3 is 4.90 Å². The molecule has 2 nitrogen and oxygen atoms in total. The summed E-state index contributed by atoms with van der Waals surface area (Å²) < 4.78 is 0. The largest absolute Gasteiger partial charge is 0.332 e. The predicted octanol–water partition coefficient (Wildman–Crippen LogP) is 1.90. The van der Waals surface area contributed by atoms with E-state index in [0.29, 0.717) is 18.9 Å². The molecule has 0 saturated heterocycles. The maximum atomic E-state index is 11.3. The molecule has 0 aromatic carbocycles. The molecule has 2 heteroatoms. The van der Waals surface area contributed by atoms with Gasteiger partial charge in [0.15, 0.2) is 0 Å².